The Morgan fingerprint density at radius 3 is 2.00 bits per heavy atom. The number of amides is 6. The molecule has 0 bridgehead atoms. The predicted molar refractivity (Wildman–Crippen MR) is 205 cm³/mol. The maximum Gasteiger partial charge on any atom is 0.305 e. The number of carbonyl (C=O) groups excluding carboxylic acids is 7. The maximum atomic E-state index is 14.4. The quantitative estimate of drug-likeness (QED) is 0.0711. The number of hydrogen-bond donors (Lipinski definition) is 7. The summed E-state index contributed by atoms with van der Waals surface area (Å²) in [7, 11) is 0. The molecule has 0 spiro atoms. The summed E-state index contributed by atoms with van der Waals surface area (Å²) in [4.78, 5) is 116. The lowest BCUT2D eigenvalue weighted by Crippen LogP contribution is -2.61. The molecule has 1 aliphatic rings. The van der Waals surface area contributed by atoms with E-state index in [-0.39, 0.29) is 19.6 Å². The maximum absolute atomic E-state index is 14.4. The Morgan fingerprint density at radius 2 is 1.46 bits per heavy atom. The van der Waals surface area contributed by atoms with Gasteiger partial charge >= 0.3 is 11.9 Å². The zero-order chi connectivity index (χ0) is 42.8. The average molecular weight is 803 g/mol. The summed E-state index contributed by atoms with van der Waals surface area (Å²) in [5, 5.41) is 31.1. The molecule has 1 aliphatic heterocycles. The van der Waals surface area contributed by atoms with E-state index in [2.05, 4.69) is 26.6 Å². The molecule has 57 heavy (non-hydrogen) atoms. The number of aliphatic carboxylic acids is 2. The van der Waals surface area contributed by atoms with Gasteiger partial charge in [0.1, 0.15) is 36.5 Å². The minimum atomic E-state index is -1.58. The van der Waals surface area contributed by atoms with Gasteiger partial charge in [0, 0.05) is 26.3 Å². The van der Waals surface area contributed by atoms with Crippen molar-refractivity contribution < 1.29 is 58.1 Å². The molecule has 1 aromatic rings. The molecule has 6 amide bonds. The second-order valence-corrected chi connectivity index (χ2v) is 14.6. The van der Waals surface area contributed by atoms with Crippen LogP contribution in [-0.2, 0) is 54.5 Å². The monoisotopic (exact) mass is 802 g/mol. The first-order valence-electron chi connectivity index (χ1n) is 19.3. The van der Waals surface area contributed by atoms with Crippen molar-refractivity contribution in [3.05, 3.63) is 35.9 Å². The van der Waals surface area contributed by atoms with E-state index in [0.29, 0.717) is 25.5 Å². The number of benzene rings is 1. The SMILES string of the molecule is CCCC(C=O)NC(=O)[C@@H]1C[C@@H](OCc2ccccc2)CN1C(=O)[C@@H](NC(=O)[C@@H](NC(=O)[C@@H](CCC(=O)O)NC(=O)[C@H](CC(=O)O)NC(C)=O)C(C)CC)C(C)C. The molecule has 0 saturated carbocycles. The van der Waals surface area contributed by atoms with Gasteiger partial charge in [-0.25, -0.2) is 0 Å². The highest BCUT2D eigenvalue weighted by molar-refractivity contribution is 5.97. The summed E-state index contributed by atoms with van der Waals surface area (Å²) in [5.41, 5.74) is 0.885. The largest absolute Gasteiger partial charge is 0.481 e. The van der Waals surface area contributed by atoms with Crippen molar-refractivity contribution in [2.24, 2.45) is 11.8 Å². The van der Waals surface area contributed by atoms with Gasteiger partial charge in [-0.2, -0.15) is 0 Å². The van der Waals surface area contributed by atoms with E-state index < -0.39 is 121 Å². The van der Waals surface area contributed by atoms with Gasteiger partial charge in [0.25, 0.3) is 0 Å². The fourth-order valence-electron chi connectivity index (χ4n) is 6.29. The lowest BCUT2D eigenvalue weighted by atomic mass is 9.95. The number of nitrogens with zero attached hydrogens (tertiary/aromatic N) is 1. The topological polar surface area (TPSA) is 267 Å². The molecule has 2 unspecified atom stereocenters. The fourth-order valence-corrected chi connectivity index (χ4v) is 6.29. The Kier molecular flexibility index (Phi) is 19.8. The van der Waals surface area contributed by atoms with Crippen molar-refractivity contribution in [1.82, 2.24) is 31.5 Å². The van der Waals surface area contributed by atoms with E-state index in [4.69, 9.17) is 4.74 Å². The number of nitrogens with one attached hydrogen (secondary N) is 5. The van der Waals surface area contributed by atoms with E-state index >= 15 is 0 Å². The summed E-state index contributed by atoms with van der Waals surface area (Å²) >= 11 is 0. The molecule has 1 fully saturated rings. The summed E-state index contributed by atoms with van der Waals surface area (Å²) in [6, 6.07) is 1.91. The Labute approximate surface area is 332 Å². The minimum absolute atomic E-state index is 0.0141. The molecule has 8 atom stereocenters. The molecule has 2 rings (SSSR count). The molecule has 316 valence electrons. The molecule has 1 heterocycles. The van der Waals surface area contributed by atoms with Crippen molar-refractivity contribution >= 4 is 53.7 Å². The van der Waals surface area contributed by atoms with Crippen molar-refractivity contribution in [2.75, 3.05) is 6.54 Å². The molecular weight excluding hydrogens is 744 g/mol. The normalized spacial score (nSPS) is 18.2. The van der Waals surface area contributed by atoms with Crippen LogP contribution in [0.2, 0.25) is 0 Å². The van der Waals surface area contributed by atoms with Crippen LogP contribution in [0, 0.1) is 11.8 Å². The van der Waals surface area contributed by atoms with E-state index in [1.54, 1.807) is 27.7 Å². The predicted octanol–water partition coefficient (Wildman–Crippen LogP) is 0.657. The van der Waals surface area contributed by atoms with Gasteiger partial charge in [0.05, 0.1) is 25.2 Å². The summed E-state index contributed by atoms with van der Waals surface area (Å²) in [6.45, 7) is 9.97. The van der Waals surface area contributed by atoms with Crippen LogP contribution < -0.4 is 26.6 Å². The summed E-state index contributed by atoms with van der Waals surface area (Å²) in [5.74, 6) is -8.43. The van der Waals surface area contributed by atoms with Gasteiger partial charge < -0.3 is 51.2 Å². The molecule has 18 heteroatoms. The van der Waals surface area contributed by atoms with Crippen molar-refractivity contribution in [2.45, 2.75) is 135 Å². The van der Waals surface area contributed by atoms with Gasteiger partial charge in [-0.3, -0.25) is 38.4 Å². The third-order valence-electron chi connectivity index (χ3n) is 9.64. The standard InChI is InChI=1S/C39H58N6O12/c1-7-12-26(20-46)41-37(54)30-17-27(57-21-25-13-10-9-11-14-25)19-45(30)39(56)33(22(3)4)43-38(55)34(23(5)8-2)44-35(52)28(15-16-31(48)49)42-36(53)29(18-32(50)51)40-24(6)47/h9-11,13-14,20,22-23,26-30,33-34H,7-8,12,15-19,21H2,1-6H3,(H,40,47)(H,41,54)(H,42,53)(H,43,55)(H,44,52)(H,48,49)(H,50,51)/t23?,26?,27-,28-,29+,30+,33+,34+/m1/s1. The van der Waals surface area contributed by atoms with Gasteiger partial charge in [0.2, 0.25) is 35.4 Å². The van der Waals surface area contributed by atoms with Crippen LogP contribution in [-0.4, -0.2) is 118 Å². The highest BCUT2D eigenvalue weighted by atomic mass is 16.5. The van der Waals surface area contributed by atoms with E-state index in [1.807, 2.05) is 37.3 Å². The molecule has 1 saturated heterocycles. The fraction of sp³-hybridized carbons (Fsp3) is 0.615. The third-order valence-corrected chi connectivity index (χ3v) is 9.64. The first-order chi connectivity index (χ1) is 26.9. The molecular formula is C39H58N6O12. The van der Waals surface area contributed by atoms with Crippen LogP contribution in [0.15, 0.2) is 30.3 Å². The lowest BCUT2D eigenvalue weighted by molar-refractivity contribution is -0.143. The van der Waals surface area contributed by atoms with E-state index in [1.165, 1.54) is 4.90 Å². The number of hydrogen-bond acceptors (Lipinski definition) is 10. The number of aldehydes is 1. The molecule has 7 N–H and O–H groups in total. The lowest BCUT2D eigenvalue weighted by Gasteiger charge is -2.33. The van der Waals surface area contributed by atoms with Gasteiger partial charge in [-0.1, -0.05) is 77.8 Å². The Bertz CT molecular complexity index is 1560. The highest BCUT2D eigenvalue weighted by Gasteiger charge is 2.44. The molecule has 0 aromatic heterocycles. The number of carbonyl (C=O) groups is 9. The van der Waals surface area contributed by atoms with Crippen LogP contribution in [0.25, 0.3) is 0 Å². The zero-order valence-corrected chi connectivity index (χ0v) is 33.4. The van der Waals surface area contributed by atoms with Gasteiger partial charge in [-0.05, 0) is 30.2 Å². The second-order valence-electron chi connectivity index (χ2n) is 14.6. The van der Waals surface area contributed by atoms with Crippen LogP contribution in [0.5, 0.6) is 0 Å². The third kappa shape index (κ3) is 15.6. The van der Waals surface area contributed by atoms with Crippen molar-refractivity contribution in [1.29, 1.82) is 0 Å². The molecule has 1 aromatic carbocycles. The zero-order valence-electron chi connectivity index (χ0n) is 33.4. The van der Waals surface area contributed by atoms with Crippen molar-refractivity contribution in [3.63, 3.8) is 0 Å². The first kappa shape index (κ1) is 47.8. The van der Waals surface area contributed by atoms with Gasteiger partial charge in [0.15, 0.2) is 0 Å². The second kappa shape index (κ2) is 23.6. The summed E-state index contributed by atoms with van der Waals surface area (Å²) in [6.07, 6.45) is -0.245. The molecule has 18 nitrogen and oxygen atoms in total. The number of likely N-dealkylation sites (tertiary alicyclic amines) is 1. The number of rotatable bonds is 24. The first-order valence-corrected chi connectivity index (χ1v) is 19.3. The van der Waals surface area contributed by atoms with Crippen LogP contribution in [0.1, 0.15) is 92.1 Å². The van der Waals surface area contributed by atoms with Crippen molar-refractivity contribution in [3.8, 4) is 0 Å². The minimum Gasteiger partial charge on any atom is -0.481 e. The number of carboxylic acid groups (broad SMARTS) is 2. The smallest absolute Gasteiger partial charge is 0.305 e. The van der Waals surface area contributed by atoms with E-state index in [0.717, 1.165) is 12.5 Å². The van der Waals surface area contributed by atoms with Gasteiger partial charge in [-0.15, -0.1) is 0 Å². The Balaban J connectivity index is 2.37. The summed E-state index contributed by atoms with van der Waals surface area (Å²) < 4.78 is 6.12. The van der Waals surface area contributed by atoms with Crippen LogP contribution in [0.4, 0.5) is 0 Å². The molecule has 0 radical (unpaired) electrons. The molecule has 0 aliphatic carbocycles. The number of carboxylic acids is 2. The Hall–Kier alpha value is -5.39. The van der Waals surface area contributed by atoms with E-state index in [9.17, 15) is 53.4 Å². The van der Waals surface area contributed by atoms with Crippen LogP contribution in [0.3, 0.4) is 0 Å². The number of ether oxygens (including phenoxy) is 1. The van der Waals surface area contributed by atoms with Crippen LogP contribution >= 0.6 is 0 Å². The average Bonchev–Trinajstić information content (AvgIpc) is 3.59. The highest BCUT2D eigenvalue weighted by Crippen LogP contribution is 2.25. The Morgan fingerprint density at radius 1 is 0.825 bits per heavy atom.